The Hall–Kier alpha value is -0.570. The third-order valence-electron chi connectivity index (χ3n) is 2.49. The molecule has 0 aliphatic carbocycles. The van der Waals surface area contributed by atoms with Crippen LogP contribution in [0.1, 0.15) is 54.4 Å². The fourth-order valence-corrected chi connectivity index (χ4v) is 1.53. The molecule has 3 heteroatoms. The zero-order valence-electron chi connectivity index (χ0n) is 11.6. The van der Waals surface area contributed by atoms with Crippen LogP contribution in [0, 0.1) is 5.41 Å². The molecule has 0 aromatic heterocycles. The normalized spacial score (nSPS) is 15.6. The lowest BCUT2D eigenvalue weighted by molar-refractivity contribution is -0.146. The Kier molecular flexibility index (Phi) is 6.65. The van der Waals surface area contributed by atoms with Gasteiger partial charge in [-0.15, -0.1) is 0 Å². The Morgan fingerprint density at radius 2 is 1.88 bits per heavy atom. The van der Waals surface area contributed by atoms with Crippen LogP contribution in [0.15, 0.2) is 0 Å². The van der Waals surface area contributed by atoms with Gasteiger partial charge in [-0.25, -0.2) is 0 Å². The lowest BCUT2D eigenvalue weighted by Gasteiger charge is -2.27. The van der Waals surface area contributed by atoms with Crippen molar-refractivity contribution in [2.75, 3.05) is 6.61 Å². The number of carbonyl (C=O) groups excluding carboxylic acids is 1. The number of carbonyl (C=O) groups is 1. The summed E-state index contributed by atoms with van der Waals surface area (Å²) >= 11 is 0. The second kappa shape index (κ2) is 6.89. The van der Waals surface area contributed by atoms with Gasteiger partial charge in [0.1, 0.15) is 6.04 Å². The molecule has 2 atom stereocenters. The summed E-state index contributed by atoms with van der Waals surface area (Å²) in [6.07, 6.45) is 1.82. The van der Waals surface area contributed by atoms with Gasteiger partial charge < -0.3 is 10.1 Å². The highest BCUT2D eigenvalue weighted by molar-refractivity contribution is 5.75. The number of esters is 1. The molecule has 0 aromatic carbocycles. The topological polar surface area (TPSA) is 38.3 Å². The number of hydrogen-bond acceptors (Lipinski definition) is 3. The van der Waals surface area contributed by atoms with Crippen LogP contribution in [0.5, 0.6) is 0 Å². The average molecular weight is 229 g/mol. The summed E-state index contributed by atoms with van der Waals surface area (Å²) in [4.78, 5) is 11.8. The Balaban J connectivity index is 4.44. The van der Waals surface area contributed by atoms with Gasteiger partial charge >= 0.3 is 5.97 Å². The zero-order valence-corrected chi connectivity index (χ0v) is 11.6. The quantitative estimate of drug-likeness (QED) is 0.712. The number of nitrogens with one attached hydrogen (secondary N) is 1. The van der Waals surface area contributed by atoms with E-state index in [9.17, 15) is 4.79 Å². The van der Waals surface area contributed by atoms with E-state index in [4.69, 9.17) is 4.74 Å². The maximum atomic E-state index is 11.8. The molecule has 0 saturated carbocycles. The molecule has 0 radical (unpaired) electrons. The molecule has 0 fully saturated rings. The Morgan fingerprint density at radius 3 is 2.25 bits per heavy atom. The summed E-state index contributed by atoms with van der Waals surface area (Å²) < 4.78 is 5.09. The lowest BCUT2D eigenvalue weighted by Crippen LogP contribution is -2.44. The first-order valence-corrected chi connectivity index (χ1v) is 6.22. The molecule has 96 valence electrons. The maximum absolute atomic E-state index is 11.8. The van der Waals surface area contributed by atoms with Gasteiger partial charge in [0.15, 0.2) is 0 Å². The van der Waals surface area contributed by atoms with E-state index in [1.165, 1.54) is 0 Å². The van der Waals surface area contributed by atoms with Gasteiger partial charge in [0.05, 0.1) is 6.61 Å². The Bertz CT molecular complexity index is 208. The molecule has 1 N–H and O–H groups in total. The number of rotatable bonds is 6. The molecule has 0 amide bonds. The van der Waals surface area contributed by atoms with E-state index in [2.05, 4.69) is 39.9 Å². The molecule has 0 saturated heterocycles. The minimum absolute atomic E-state index is 0.123. The largest absolute Gasteiger partial charge is 0.465 e. The molecule has 3 nitrogen and oxygen atoms in total. The first kappa shape index (κ1) is 15.4. The second-order valence-corrected chi connectivity index (χ2v) is 5.55. The van der Waals surface area contributed by atoms with Crippen LogP contribution in [0.4, 0.5) is 0 Å². The fraction of sp³-hybridized carbons (Fsp3) is 0.923. The van der Waals surface area contributed by atoms with Crippen molar-refractivity contribution in [3.8, 4) is 0 Å². The number of hydrogen-bond donors (Lipinski definition) is 1. The monoisotopic (exact) mass is 229 g/mol. The SMILES string of the molecule is CCOC(=O)C(CC(C)(C)C)NC(C)CC. The average Bonchev–Trinajstić information content (AvgIpc) is 2.14. The van der Waals surface area contributed by atoms with Crippen molar-refractivity contribution >= 4 is 5.97 Å². The molecule has 0 aromatic rings. The van der Waals surface area contributed by atoms with E-state index >= 15 is 0 Å². The summed E-state index contributed by atoms with van der Waals surface area (Å²) in [6, 6.07) is 0.159. The highest BCUT2D eigenvalue weighted by atomic mass is 16.5. The van der Waals surface area contributed by atoms with Crippen LogP contribution >= 0.6 is 0 Å². The van der Waals surface area contributed by atoms with Gasteiger partial charge in [-0.2, -0.15) is 0 Å². The van der Waals surface area contributed by atoms with E-state index in [0.717, 1.165) is 12.8 Å². The van der Waals surface area contributed by atoms with E-state index in [1.807, 2.05) is 6.92 Å². The number of ether oxygens (including phenoxy) is 1. The summed E-state index contributed by atoms with van der Waals surface area (Å²) in [5.41, 5.74) is 0.123. The highest BCUT2D eigenvalue weighted by Gasteiger charge is 2.26. The minimum Gasteiger partial charge on any atom is -0.465 e. The summed E-state index contributed by atoms with van der Waals surface area (Å²) in [5, 5.41) is 3.33. The Labute approximate surface area is 99.9 Å². The molecule has 0 heterocycles. The van der Waals surface area contributed by atoms with Crippen molar-refractivity contribution in [3.05, 3.63) is 0 Å². The third-order valence-corrected chi connectivity index (χ3v) is 2.49. The zero-order chi connectivity index (χ0) is 12.8. The smallest absolute Gasteiger partial charge is 0.323 e. The van der Waals surface area contributed by atoms with Crippen molar-refractivity contribution < 1.29 is 9.53 Å². The first-order valence-electron chi connectivity index (χ1n) is 6.22. The predicted molar refractivity (Wildman–Crippen MR) is 67.4 cm³/mol. The van der Waals surface area contributed by atoms with E-state index < -0.39 is 0 Å². The van der Waals surface area contributed by atoms with Gasteiger partial charge in [-0.1, -0.05) is 27.7 Å². The van der Waals surface area contributed by atoms with E-state index in [1.54, 1.807) is 0 Å². The molecular formula is C13H27NO2. The summed E-state index contributed by atoms with van der Waals surface area (Å²) in [5.74, 6) is -0.127. The first-order chi connectivity index (χ1) is 7.30. The molecule has 0 rings (SSSR count). The van der Waals surface area contributed by atoms with Crippen molar-refractivity contribution in [1.29, 1.82) is 0 Å². The van der Waals surface area contributed by atoms with Gasteiger partial charge in [0, 0.05) is 6.04 Å². The Morgan fingerprint density at radius 1 is 1.31 bits per heavy atom. The van der Waals surface area contributed by atoms with Crippen LogP contribution in [0.25, 0.3) is 0 Å². The van der Waals surface area contributed by atoms with Gasteiger partial charge in [-0.05, 0) is 32.1 Å². The van der Waals surface area contributed by atoms with Crippen molar-refractivity contribution in [3.63, 3.8) is 0 Å². The van der Waals surface area contributed by atoms with Gasteiger partial charge in [0.2, 0.25) is 0 Å². The molecule has 2 unspecified atom stereocenters. The van der Waals surface area contributed by atoms with Crippen LogP contribution in [0.3, 0.4) is 0 Å². The second-order valence-electron chi connectivity index (χ2n) is 5.55. The predicted octanol–water partition coefficient (Wildman–Crippen LogP) is 2.74. The molecule has 0 aliphatic heterocycles. The van der Waals surface area contributed by atoms with Crippen LogP contribution < -0.4 is 5.32 Å². The van der Waals surface area contributed by atoms with Crippen LogP contribution in [-0.2, 0) is 9.53 Å². The van der Waals surface area contributed by atoms with Crippen molar-refractivity contribution in [2.45, 2.75) is 66.5 Å². The minimum atomic E-state index is -0.185. The molecular weight excluding hydrogens is 202 g/mol. The maximum Gasteiger partial charge on any atom is 0.323 e. The molecule has 0 spiro atoms. The molecule has 0 aliphatic rings. The van der Waals surface area contributed by atoms with E-state index in [-0.39, 0.29) is 17.4 Å². The standard InChI is InChI=1S/C13H27NO2/c1-7-10(3)14-11(9-13(4,5)6)12(15)16-8-2/h10-11,14H,7-9H2,1-6H3. The fourth-order valence-electron chi connectivity index (χ4n) is 1.53. The van der Waals surface area contributed by atoms with Gasteiger partial charge in [0.25, 0.3) is 0 Å². The lowest BCUT2D eigenvalue weighted by atomic mass is 9.88. The third kappa shape index (κ3) is 6.83. The highest BCUT2D eigenvalue weighted by Crippen LogP contribution is 2.21. The molecule has 0 bridgehead atoms. The van der Waals surface area contributed by atoms with E-state index in [0.29, 0.717) is 12.6 Å². The molecule has 16 heavy (non-hydrogen) atoms. The van der Waals surface area contributed by atoms with Gasteiger partial charge in [-0.3, -0.25) is 4.79 Å². The summed E-state index contributed by atoms with van der Waals surface area (Å²) in [7, 11) is 0. The van der Waals surface area contributed by atoms with Crippen molar-refractivity contribution in [2.24, 2.45) is 5.41 Å². The van der Waals surface area contributed by atoms with Crippen LogP contribution in [0.2, 0.25) is 0 Å². The van der Waals surface area contributed by atoms with Crippen LogP contribution in [-0.4, -0.2) is 24.7 Å². The van der Waals surface area contributed by atoms with Crippen molar-refractivity contribution in [1.82, 2.24) is 5.32 Å². The summed E-state index contributed by atoms with van der Waals surface area (Å²) in [6.45, 7) is 12.9.